The third kappa shape index (κ3) is 4.06. The number of aldehydes is 1. The Morgan fingerprint density at radius 3 is 1.96 bits per heavy atom. The summed E-state index contributed by atoms with van der Waals surface area (Å²) >= 11 is 0. The van der Waals surface area contributed by atoms with Gasteiger partial charge in [0.05, 0.1) is 24.6 Å². The lowest BCUT2D eigenvalue weighted by molar-refractivity contribution is -0.0437. The molecule has 9 heteroatoms. The van der Waals surface area contributed by atoms with Crippen molar-refractivity contribution in [2.75, 3.05) is 24.7 Å². The normalized spacial score (nSPS) is 14.1. The zero-order valence-corrected chi connectivity index (χ0v) is 12.8. The van der Waals surface area contributed by atoms with Crippen LogP contribution in [0.3, 0.4) is 0 Å². The molecular weight excluding hydrogens is 344 g/mol. The van der Waals surface area contributed by atoms with E-state index in [1.807, 2.05) is 0 Å². The molecule has 0 aliphatic carbocycles. The van der Waals surface area contributed by atoms with E-state index in [1.54, 1.807) is 0 Å². The van der Waals surface area contributed by atoms with Gasteiger partial charge in [0.15, 0.2) is 35.8 Å². The largest absolute Gasteiger partial charge is 0.396 e. The lowest BCUT2D eigenvalue weighted by Gasteiger charge is -2.12. The maximum Gasteiger partial charge on any atom is 0.186 e. The molecule has 0 aromatic heterocycles. The van der Waals surface area contributed by atoms with Gasteiger partial charge in [-0.3, -0.25) is 4.79 Å². The molecule has 1 fully saturated rings. The molecule has 0 spiro atoms. The van der Waals surface area contributed by atoms with Crippen molar-refractivity contribution in [1.29, 1.82) is 0 Å². The van der Waals surface area contributed by atoms with Crippen molar-refractivity contribution in [1.82, 2.24) is 0 Å². The minimum Gasteiger partial charge on any atom is -0.396 e. The van der Waals surface area contributed by atoms with Gasteiger partial charge < -0.3 is 20.9 Å². The average molecular weight is 358 g/mol. The van der Waals surface area contributed by atoms with E-state index in [1.165, 1.54) is 6.07 Å². The van der Waals surface area contributed by atoms with Crippen molar-refractivity contribution in [3.05, 3.63) is 58.7 Å². The van der Waals surface area contributed by atoms with Gasteiger partial charge in [-0.05, 0) is 24.3 Å². The molecule has 0 bridgehead atoms. The second-order valence-corrected chi connectivity index (χ2v) is 4.92. The topological polar surface area (TPSA) is 87.6 Å². The first-order valence-corrected chi connectivity index (χ1v) is 7.02. The molecule has 2 aromatic carbocycles. The molecule has 3 rings (SSSR count). The summed E-state index contributed by atoms with van der Waals surface area (Å²) in [6, 6.07) is 4.35. The van der Waals surface area contributed by atoms with Crippen LogP contribution in [0, 0.1) is 23.3 Å². The number of nitrogens with two attached hydrogens (primary N) is 2. The fourth-order valence-electron chi connectivity index (χ4n) is 2.01. The monoisotopic (exact) mass is 358 g/mol. The Kier molecular flexibility index (Phi) is 5.94. The molecular formula is C16H14F4N2O3. The van der Waals surface area contributed by atoms with E-state index in [-0.39, 0.29) is 11.3 Å². The van der Waals surface area contributed by atoms with Crippen LogP contribution in [0.1, 0.15) is 22.2 Å². The number of ether oxygens (including phenoxy) is 2. The average Bonchev–Trinajstić information content (AvgIpc) is 3.13. The number of hydrogen-bond donors (Lipinski definition) is 2. The predicted molar refractivity (Wildman–Crippen MR) is 81.6 cm³/mol. The number of carbonyl (C=O) groups excluding carboxylic acids is 1. The van der Waals surface area contributed by atoms with Gasteiger partial charge in [0.25, 0.3) is 0 Å². The molecule has 0 saturated carbocycles. The Morgan fingerprint density at radius 1 is 0.880 bits per heavy atom. The SMILES string of the molecule is Nc1c(C2OCCO2)ccc(F)c1F.Nc1c(C=O)ccc(F)c1F. The van der Waals surface area contributed by atoms with Crippen LogP contribution >= 0.6 is 0 Å². The van der Waals surface area contributed by atoms with Gasteiger partial charge in [0, 0.05) is 11.1 Å². The van der Waals surface area contributed by atoms with Crippen LogP contribution in [0.15, 0.2) is 24.3 Å². The van der Waals surface area contributed by atoms with Crippen molar-refractivity contribution >= 4 is 17.7 Å². The van der Waals surface area contributed by atoms with E-state index in [0.717, 1.165) is 18.2 Å². The Bertz CT molecular complexity index is 780. The number of hydrogen-bond acceptors (Lipinski definition) is 5. The summed E-state index contributed by atoms with van der Waals surface area (Å²) in [5, 5.41) is 0. The lowest BCUT2D eigenvalue weighted by Crippen LogP contribution is -2.06. The number of nitrogen functional groups attached to an aromatic ring is 2. The molecule has 4 N–H and O–H groups in total. The highest BCUT2D eigenvalue weighted by Gasteiger charge is 2.23. The third-order valence-corrected chi connectivity index (χ3v) is 3.34. The highest BCUT2D eigenvalue weighted by atomic mass is 19.2. The zero-order valence-electron chi connectivity index (χ0n) is 12.8. The van der Waals surface area contributed by atoms with Crippen molar-refractivity contribution in [2.24, 2.45) is 0 Å². The molecule has 1 aliphatic rings. The molecule has 2 aromatic rings. The van der Waals surface area contributed by atoms with Gasteiger partial charge in [-0.1, -0.05) is 0 Å². The zero-order chi connectivity index (χ0) is 18.6. The molecule has 1 heterocycles. The molecule has 25 heavy (non-hydrogen) atoms. The molecule has 5 nitrogen and oxygen atoms in total. The van der Waals surface area contributed by atoms with E-state index < -0.39 is 35.2 Å². The summed E-state index contributed by atoms with van der Waals surface area (Å²) in [7, 11) is 0. The minimum absolute atomic E-state index is 0.0381. The Balaban J connectivity index is 0.000000186. The van der Waals surface area contributed by atoms with Crippen molar-refractivity contribution < 1.29 is 31.8 Å². The van der Waals surface area contributed by atoms with E-state index in [0.29, 0.717) is 25.1 Å². The van der Waals surface area contributed by atoms with Crippen molar-refractivity contribution in [2.45, 2.75) is 6.29 Å². The lowest BCUT2D eigenvalue weighted by atomic mass is 10.1. The van der Waals surface area contributed by atoms with E-state index in [4.69, 9.17) is 20.9 Å². The fraction of sp³-hybridized carbons (Fsp3) is 0.188. The first-order valence-electron chi connectivity index (χ1n) is 7.02. The van der Waals surface area contributed by atoms with Gasteiger partial charge in [-0.2, -0.15) is 0 Å². The van der Waals surface area contributed by atoms with E-state index in [9.17, 15) is 22.4 Å². The number of benzene rings is 2. The number of halogens is 4. The number of anilines is 2. The summed E-state index contributed by atoms with van der Waals surface area (Å²) in [5.74, 6) is -4.24. The van der Waals surface area contributed by atoms with Crippen LogP contribution in [0.2, 0.25) is 0 Å². The highest BCUT2D eigenvalue weighted by Crippen LogP contribution is 2.30. The predicted octanol–water partition coefficient (Wildman–Crippen LogP) is 2.95. The van der Waals surface area contributed by atoms with Gasteiger partial charge in [-0.15, -0.1) is 0 Å². The van der Waals surface area contributed by atoms with Crippen LogP contribution in [0.5, 0.6) is 0 Å². The fourth-order valence-corrected chi connectivity index (χ4v) is 2.01. The van der Waals surface area contributed by atoms with Gasteiger partial charge in [0.1, 0.15) is 0 Å². The molecule has 1 saturated heterocycles. The Morgan fingerprint density at radius 2 is 1.40 bits per heavy atom. The maximum atomic E-state index is 13.0. The quantitative estimate of drug-likeness (QED) is 0.490. The van der Waals surface area contributed by atoms with Crippen molar-refractivity contribution in [3.8, 4) is 0 Å². The summed E-state index contributed by atoms with van der Waals surface area (Å²) in [6.07, 6.45) is -0.303. The van der Waals surface area contributed by atoms with Gasteiger partial charge >= 0.3 is 0 Å². The standard InChI is InChI=1S/C9H9F2NO2.C7H5F2NO/c10-6-2-1-5(8(12)7(6)11)9-13-3-4-14-9;8-5-2-1-4(3-11)7(10)6(5)9/h1-2,9H,3-4,12H2;1-3H,10H2. The second kappa shape index (κ2) is 7.95. The summed E-state index contributed by atoms with van der Waals surface area (Å²) in [5.41, 5.74) is 10.0. The molecule has 0 radical (unpaired) electrons. The van der Waals surface area contributed by atoms with E-state index in [2.05, 4.69) is 0 Å². The summed E-state index contributed by atoms with van der Waals surface area (Å²) < 4.78 is 60.8. The van der Waals surface area contributed by atoms with Gasteiger partial charge in [-0.25, -0.2) is 17.6 Å². The van der Waals surface area contributed by atoms with Gasteiger partial charge in [0.2, 0.25) is 0 Å². The first kappa shape index (κ1) is 18.7. The smallest absolute Gasteiger partial charge is 0.186 e. The number of rotatable bonds is 2. The molecule has 134 valence electrons. The Hall–Kier alpha value is -2.65. The maximum absolute atomic E-state index is 13.0. The summed E-state index contributed by atoms with van der Waals surface area (Å²) in [4.78, 5) is 10.1. The van der Waals surface area contributed by atoms with Crippen LogP contribution in [0.4, 0.5) is 28.9 Å². The summed E-state index contributed by atoms with van der Waals surface area (Å²) in [6.45, 7) is 0.867. The molecule has 0 atom stereocenters. The minimum atomic E-state index is -1.17. The number of carbonyl (C=O) groups is 1. The molecule has 0 unspecified atom stereocenters. The first-order chi connectivity index (χ1) is 11.9. The van der Waals surface area contributed by atoms with E-state index >= 15 is 0 Å². The second-order valence-electron chi connectivity index (χ2n) is 4.92. The van der Waals surface area contributed by atoms with Crippen LogP contribution in [-0.4, -0.2) is 19.5 Å². The van der Waals surface area contributed by atoms with Crippen LogP contribution < -0.4 is 11.5 Å². The van der Waals surface area contributed by atoms with Crippen LogP contribution in [-0.2, 0) is 9.47 Å². The molecule has 0 amide bonds. The van der Waals surface area contributed by atoms with Crippen molar-refractivity contribution in [3.63, 3.8) is 0 Å². The molecule has 1 aliphatic heterocycles. The highest BCUT2D eigenvalue weighted by molar-refractivity contribution is 5.83. The third-order valence-electron chi connectivity index (χ3n) is 3.34. The Labute approximate surface area is 140 Å². The van der Waals surface area contributed by atoms with Crippen LogP contribution in [0.25, 0.3) is 0 Å².